The summed E-state index contributed by atoms with van der Waals surface area (Å²) in [6.45, 7) is 3.41. The Morgan fingerprint density at radius 1 is 1.64 bits per heavy atom. The molecule has 1 heterocycles. The van der Waals surface area contributed by atoms with E-state index in [4.69, 9.17) is 5.11 Å². The topological polar surface area (TPSA) is 60.9 Å². The Morgan fingerprint density at radius 3 is 2.79 bits per heavy atom. The molecule has 0 spiro atoms. The van der Waals surface area contributed by atoms with E-state index in [1.165, 1.54) is 0 Å². The number of nitrogens with zero attached hydrogens (tertiary/aromatic N) is 2. The third kappa shape index (κ3) is 2.45. The van der Waals surface area contributed by atoms with Crippen LogP contribution in [-0.4, -0.2) is 59.5 Å². The summed E-state index contributed by atoms with van der Waals surface area (Å²) in [6.07, 6.45) is 0.0975. The fourth-order valence-electron chi connectivity index (χ4n) is 1.67. The first-order valence-electron chi connectivity index (χ1n) is 4.74. The van der Waals surface area contributed by atoms with Crippen LogP contribution in [0.3, 0.4) is 0 Å². The highest BCUT2D eigenvalue weighted by Gasteiger charge is 2.29. The van der Waals surface area contributed by atoms with Gasteiger partial charge in [0.05, 0.1) is 13.0 Å². The highest BCUT2D eigenvalue weighted by molar-refractivity contribution is 5.79. The highest BCUT2D eigenvalue weighted by Crippen LogP contribution is 2.11. The number of carboxylic acid groups (broad SMARTS) is 1. The van der Waals surface area contributed by atoms with Crippen LogP contribution in [0.4, 0.5) is 0 Å². The van der Waals surface area contributed by atoms with E-state index in [0.29, 0.717) is 19.6 Å². The predicted molar refractivity (Wildman–Crippen MR) is 50.9 cm³/mol. The largest absolute Gasteiger partial charge is 0.481 e. The number of rotatable bonds is 3. The van der Waals surface area contributed by atoms with Gasteiger partial charge in [-0.2, -0.15) is 0 Å². The molecule has 5 heteroatoms. The predicted octanol–water partition coefficient (Wildman–Crippen LogP) is -0.376. The zero-order valence-electron chi connectivity index (χ0n) is 8.56. The Balaban J connectivity index is 2.59. The van der Waals surface area contributed by atoms with Gasteiger partial charge in [-0.05, 0) is 14.0 Å². The van der Waals surface area contributed by atoms with Gasteiger partial charge in [-0.3, -0.25) is 14.5 Å². The number of carbonyl (C=O) groups excluding carboxylic acids is 1. The molecule has 1 atom stereocenters. The monoisotopic (exact) mass is 200 g/mol. The minimum atomic E-state index is -0.813. The first-order chi connectivity index (χ1) is 6.54. The van der Waals surface area contributed by atoms with Crippen molar-refractivity contribution in [3.8, 4) is 0 Å². The molecule has 1 aliphatic rings. The molecular formula is C9H16N2O3. The van der Waals surface area contributed by atoms with Crippen LogP contribution in [-0.2, 0) is 9.59 Å². The van der Waals surface area contributed by atoms with E-state index in [0.717, 1.165) is 0 Å². The molecule has 1 saturated heterocycles. The number of hydrogen-bond acceptors (Lipinski definition) is 3. The summed E-state index contributed by atoms with van der Waals surface area (Å²) in [5.41, 5.74) is 0. The maximum Gasteiger partial charge on any atom is 0.305 e. The van der Waals surface area contributed by atoms with Gasteiger partial charge in [-0.15, -0.1) is 0 Å². The summed E-state index contributed by atoms with van der Waals surface area (Å²) in [7, 11) is 1.79. The lowest BCUT2D eigenvalue weighted by atomic mass is 10.1. The van der Waals surface area contributed by atoms with E-state index < -0.39 is 5.97 Å². The van der Waals surface area contributed by atoms with Crippen molar-refractivity contribution in [2.45, 2.75) is 19.4 Å². The molecular weight excluding hydrogens is 184 g/mol. The minimum absolute atomic E-state index is 0.0508. The van der Waals surface area contributed by atoms with Crippen LogP contribution >= 0.6 is 0 Å². The van der Waals surface area contributed by atoms with Gasteiger partial charge in [0.1, 0.15) is 0 Å². The summed E-state index contributed by atoms with van der Waals surface area (Å²) >= 11 is 0. The molecule has 0 aliphatic carbocycles. The SMILES string of the molecule is CCN1CC(CC(=O)O)N(C)CC1=O. The number of likely N-dealkylation sites (N-methyl/N-ethyl adjacent to an activating group) is 2. The number of carbonyl (C=O) groups is 2. The molecule has 1 unspecified atom stereocenters. The molecule has 5 nitrogen and oxygen atoms in total. The van der Waals surface area contributed by atoms with Crippen LogP contribution in [0.5, 0.6) is 0 Å². The standard InChI is InChI=1S/C9H16N2O3/c1-3-11-5-7(4-9(13)14)10(2)6-8(11)12/h7H,3-6H2,1-2H3,(H,13,14). The third-order valence-corrected chi connectivity index (χ3v) is 2.58. The van der Waals surface area contributed by atoms with Crippen LogP contribution in [0, 0.1) is 0 Å². The Hall–Kier alpha value is -1.10. The maximum atomic E-state index is 11.4. The Labute approximate surface area is 83.3 Å². The first kappa shape index (κ1) is 11.0. The van der Waals surface area contributed by atoms with Crippen molar-refractivity contribution in [2.24, 2.45) is 0 Å². The fourth-order valence-corrected chi connectivity index (χ4v) is 1.67. The Bertz CT molecular complexity index is 242. The fraction of sp³-hybridized carbons (Fsp3) is 0.778. The molecule has 1 aliphatic heterocycles. The summed E-state index contributed by atoms with van der Waals surface area (Å²) in [5, 5.41) is 8.68. The van der Waals surface area contributed by atoms with Crippen molar-refractivity contribution in [2.75, 3.05) is 26.7 Å². The molecule has 14 heavy (non-hydrogen) atoms. The van der Waals surface area contributed by atoms with Gasteiger partial charge in [0, 0.05) is 19.1 Å². The molecule has 1 fully saturated rings. The van der Waals surface area contributed by atoms with Crippen molar-refractivity contribution in [1.29, 1.82) is 0 Å². The number of piperazine rings is 1. The van der Waals surface area contributed by atoms with E-state index in [9.17, 15) is 9.59 Å². The van der Waals surface area contributed by atoms with Gasteiger partial charge in [-0.1, -0.05) is 0 Å². The number of amides is 1. The summed E-state index contributed by atoms with van der Waals surface area (Å²) in [4.78, 5) is 25.5. The van der Waals surface area contributed by atoms with Crippen LogP contribution in [0.25, 0.3) is 0 Å². The van der Waals surface area contributed by atoms with Crippen molar-refractivity contribution in [3.05, 3.63) is 0 Å². The number of hydrogen-bond donors (Lipinski definition) is 1. The van der Waals surface area contributed by atoms with E-state index in [-0.39, 0.29) is 18.4 Å². The second-order valence-corrected chi connectivity index (χ2v) is 3.60. The summed E-state index contributed by atoms with van der Waals surface area (Å²) in [6, 6.07) is -0.0508. The lowest BCUT2D eigenvalue weighted by molar-refractivity contribution is -0.144. The van der Waals surface area contributed by atoms with Gasteiger partial charge in [0.25, 0.3) is 0 Å². The molecule has 0 saturated carbocycles. The second kappa shape index (κ2) is 4.41. The van der Waals surface area contributed by atoms with Gasteiger partial charge in [0.2, 0.25) is 5.91 Å². The van der Waals surface area contributed by atoms with E-state index in [2.05, 4.69) is 0 Å². The van der Waals surface area contributed by atoms with Crippen LogP contribution in [0.1, 0.15) is 13.3 Å². The zero-order valence-corrected chi connectivity index (χ0v) is 8.56. The molecule has 1 N–H and O–H groups in total. The molecule has 0 aromatic heterocycles. The summed E-state index contributed by atoms with van der Waals surface area (Å²) < 4.78 is 0. The average Bonchev–Trinajstić information content (AvgIpc) is 2.09. The Kier molecular flexibility index (Phi) is 3.46. The minimum Gasteiger partial charge on any atom is -0.481 e. The van der Waals surface area contributed by atoms with E-state index in [1.807, 2.05) is 11.8 Å². The molecule has 1 amide bonds. The third-order valence-electron chi connectivity index (χ3n) is 2.58. The van der Waals surface area contributed by atoms with Gasteiger partial charge in [0.15, 0.2) is 0 Å². The molecule has 0 aromatic rings. The first-order valence-corrected chi connectivity index (χ1v) is 4.74. The average molecular weight is 200 g/mol. The lowest BCUT2D eigenvalue weighted by Gasteiger charge is -2.37. The maximum absolute atomic E-state index is 11.4. The quantitative estimate of drug-likeness (QED) is 0.675. The van der Waals surface area contributed by atoms with Crippen molar-refractivity contribution >= 4 is 11.9 Å². The lowest BCUT2D eigenvalue weighted by Crippen LogP contribution is -2.55. The van der Waals surface area contributed by atoms with E-state index >= 15 is 0 Å². The van der Waals surface area contributed by atoms with Gasteiger partial charge >= 0.3 is 5.97 Å². The smallest absolute Gasteiger partial charge is 0.305 e. The van der Waals surface area contributed by atoms with Crippen LogP contribution in [0.15, 0.2) is 0 Å². The highest BCUT2D eigenvalue weighted by atomic mass is 16.4. The van der Waals surface area contributed by atoms with Crippen LogP contribution in [0.2, 0.25) is 0 Å². The van der Waals surface area contributed by atoms with Gasteiger partial charge in [-0.25, -0.2) is 0 Å². The summed E-state index contributed by atoms with van der Waals surface area (Å²) in [5.74, 6) is -0.733. The van der Waals surface area contributed by atoms with Crippen LogP contribution < -0.4 is 0 Å². The molecule has 80 valence electrons. The second-order valence-electron chi connectivity index (χ2n) is 3.60. The zero-order chi connectivity index (χ0) is 10.7. The number of carboxylic acids is 1. The Morgan fingerprint density at radius 2 is 2.29 bits per heavy atom. The van der Waals surface area contributed by atoms with E-state index in [1.54, 1.807) is 11.9 Å². The molecule has 0 aromatic carbocycles. The molecule has 1 rings (SSSR count). The molecule has 0 bridgehead atoms. The number of aliphatic carboxylic acids is 1. The van der Waals surface area contributed by atoms with Crippen molar-refractivity contribution in [3.63, 3.8) is 0 Å². The molecule has 0 radical (unpaired) electrons. The van der Waals surface area contributed by atoms with Crippen molar-refractivity contribution < 1.29 is 14.7 Å². The van der Waals surface area contributed by atoms with Crippen molar-refractivity contribution in [1.82, 2.24) is 9.80 Å². The normalized spacial score (nSPS) is 24.0. The van der Waals surface area contributed by atoms with Gasteiger partial charge < -0.3 is 10.0 Å².